The molecule has 1 heterocycles. The van der Waals surface area contributed by atoms with Crippen molar-refractivity contribution in [3.8, 4) is 11.5 Å². The van der Waals surface area contributed by atoms with Crippen LogP contribution in [-0.4, -0.2) is 44.1 Å². The zero-order valence-electron chi connectivity index (χ0n) is 16.4. The third-order valence-corrected chi connectivity index (χ3v) is 4.37. The molecule has 2 aromatic rings. The molecule has 8 nitrogen and oxygen atoms in total. The number of hydrogen-bond donors (Lipinski definition) is 1. The number of hydrogen-bond acceptors (Lipinski definition) is 6. The van der Waals surface area contributed by atoms with Crippen molar-refractivity contribution >= 4 is 29.2 Å². The van der Waals surface area contributed by atoms with Gasteiger partial charge in [-0.15, -0.1) is 0 Å². The normalized spacial score (nSPS) is 13.8. The van der Waals surface area contributed by atoms with E-state index in [4.69, 9.17) is 14.2 Å². The molecule has 0 saturated carbocycles. The molecule has 2 amide bonds. The van der Waals surface area contributed by atoms with Gasteiger partial charge in [0, 0.05) is 0 Å². The minimum atomic E-state index is -1.08. The van der Waals surface area contributed by atoms with Gasteiger partial charge in [0.1, 0.15) is 6.54 Å². The number of anilines is 2. The summed E-state index contributed by atoms with van der Waals surface area (Å²) in [5.74, 6) is -0.580. The van der Waals surface area contributed by atoms with Crippen LogP contribution in [0.1, 0.15) is 24.2 Å². The monoisotopic (exact) mass is 398 g/mol. The van der Waals surface area contributed by atoms with Crippen LogP contribution in [-0.2, 0) is 14.3 Å². The van der Waals surface area contributed by atoms with Crippen molar-refractivity contribution in [2.45, 2.75) is 20.0 Å². The Morgan fingerprint density at radius 2 is 1.93 bits per heavy atom. The number of amides is 2. The van der Waals surface area contributed by atoms with E-state index in [-0.39, 0.29) is 18.0 Å². The molecule has 0 aliphatic carbocycles. The highest BCUT2D eigenvalue weighted by molar-refractivity contribution is 6.11. The molecule has 0 fully saturated rings. The van der Waals surface area contributed by atoms with E-state index in [1.807, 2.05) is 6.92 Å². The molecule has 2 aromatic carbocycles. The fourth-order valence-corrected chi connectivity index (χ4v) is 3.00. The molecule has 1 N–H and O–H groups in total. The Kier molecular flexibility index (Phi) is 6.01. The summed E-state index contributed by atoms with van der Waals surface area (Å²) in [6.07, 6.45) is -1.08. The number of para-hydroxylation sites is 2. The average molecular weight is 398 g/mol. The zero-order valence-corrected chi connectivity index (χ0v) is 16.4. The largest absolute Gasteiger partial charge is 0.493 e. The number of carbonyl (C=O) groups is 3. The summed E-state index contributed by atoms with van der Waals surface area (Å²) >= 11 is 0. The second-order valence-corrected chi connectivity index (χ2v) is 6.34. The van der Waals surface area contributed by atoms with Gasteiger partial charge in [-0.3, -0.25) is 14.5 Å². The Labute approximate surface area is 168 Å². The van der Waals surface area contributed by atoms with Crippen LogP contribution >= 0.6 is 0 Å². The molecule has 1 aliphatic heterocycles. The summed E-state index contributed by atoms with van der Waals surface area (Å²) in [5, 5.41) is 2.71. The van der Waals surface area contributed by atoms with Crippen LogP contribution in [0.5, 0.6) is 11.5 Å². The number of fused-ring (bicyclic) bond motifs is 1. The number of esters is 1. The predicted molar refractivity (Wildman–Crippen MR) is 106 cm³/mol. The van der Waals surface area contributed by atoms with Crippen LogP contribution in [0.2, 0.25) is 0 Å². The standard InChI is InChI=1S/C21H22N2O6/c1-4-28-18-11-14(9-10-17(18)27-3)21(26)29-13(2)20(25)23-12-19(24)22-15-7-5-6-8-16(15)23/h5-11,13H,4,12H2,1-3H3,(H,22,24)/t13-/m1/s1. The summed E-state index contributed by atoms with van der Waals surface area (Å²) in [5.41, 5.74) is 1.32. The van der Waals surface area contributed by atoms with E-state index in [0.29, 0.717) is 29.5 Å². The van der Waals surface area contributed by atoms with Gasteiger partial charge in [0.25, 0.3) is 5.91 Å². The maximum absolute atomic E-state index is 12.9. The first-order valence-electron chi connectivity index (χ1n) is 9.16. The number of rotatable bonds is 6. The molecular weight excluding hydrogens is 376 g/mol. The fourth-order valence-electron chi connectivity index (χ4n) is 3.00. The Balaban J connectivity index is 1.76. The van der Waals surface area contributed by atoms with Crippen LogP contribution < -0.4 is 19.7 Å². The maximum atomic E-state index is 12.9. The molecule has 0 saturated heterocycles. The highest BCUT2D eigenvalue weighted by Gasteiger charge is 2.31. The molecule has 1 atom stereocenters. The van der Waals surface area contributed by atoms with Gasteiger partial charge in [-0.25, -0.2) is 4.79 Å². The number of nitrogens with zero attached hydrogens (tertiary/aromatic N) is 1. The zero-order chi connectivity index (χ0) is 21.0. The molecule has 0 aromatic heterocycles. The number of carbonyl (C=O) groups excluding carboxylic acids is 3. The smallest absolute Gasteiger partial charge is 0.339 e. The van der Waals surface area contributed by atoms with Crippen molar-refractivity contribution in [1.29, 1.82) is 0 Å². The van der Waals surface area contributed by atoms with E-state index in [9.17, 15) is 14.4 Å². The lowest BCUT2D eigenvalue weighted by atomic mass is 10.1. The summed E-state index contributed by atoms with van der Waals surface area (Å²) < 4.78 is 16.0. The predicted octanol–water partition coefficient (Wildman–Crippen LogP) is 2.62. The van der Waals surface area contributed by atoms with E-state index >= 15 is 0 Å². The quantitative estimate of drug-likeness (QED) is 0.752. The Bertz CT molecular complexity index is 943. The minimum absolute atomic E-state index is 0.144. The van der Waals surface area contributed by atoms with Gasteiger partial charge in [-0.05, 0) is 44.2 Å². The lowest BCUT2D eigenvalue weighted by molar-refractivity contribution is -0.128. The number of methoxy groups -OCH3 is 1. The molecule has 0 bridgehead atoms. The summed E-state index contributed by atoms with van der Waals surface area (Å²) in [6, 6.07) is 11.6. The van der Waals surface area contributed by atoms with Crippen molar-refractivity contribution in [2.24, 2.45) is 0 Å². The van der Waals surface area contributed by atoms with E-state index in [1.54, 1.807) is 30.3 Å². The third-order valence-electron chi connectivity index (χ3n) is 4.37. The maximum Gasteiger partial charge on any atom is 0.339 e. The molecular formula is C21H22N2O6. The van der Waals surface area contributed by atoms with Crippen LogP contribution in [0.3, 0.4) is 0 Å². The van der Waals surface area contributed by atoms with E-state index in [1.165, 1.54) is 31.1 Å². The van der Waals surface area contributed by atoms with E-state index < -0.39 is 18.0 Å². The average Bonchev–Trinajstić information content (AvgIpc) is 2.72. The van der Waals surface area contributed by atoms with Gasteiger partial charge in [0.05, 0.1) is 30.7 Å². The van der Waals surface area contributed by atoms with Crippen LogP contribution in [0, 0.1) is 0 Å². The van der Waals surface area contributed by atoms with Crippen molar-refractivity contribution in [1.82, 2.24) is 0 Å². The van der Waals surface area contributed by atoms with Crippen molar-refractivity contribution in [3.05, 3.63) is 48.0 Å². The molecule has 0 spiro atoms. The lowest BCUT2D eigenvalue weighted by Crippen LogP contribution is -2.47. The first-order chi connectivity index (χ1) is 13.9. The van der Waals surface area contributed by atoms with Gasteiger partial charge < -0.3 is 19.5 Å². The first kappa shape index (κ1) is 20.2. The molecule has 3 rings (SSSR count). The third kappa shape index (κ3) is 4.31. The van der Waals surface area contributed by atoms with Gasteiger partial charge in [-0.2, -0.15) is 0 Å². The Morgan fingerprint density at radius 3 is 2.66 bits per heavy atom. The topological polar surface area (TPSA) is 94.2 Å². The highest BCUT2D eigenvalue weighted by atomic mass is 16.5. The van der Waals surface area contributed by atoms with E-state index in [2.05, 4.69) is 5.32 Å². The van der Waals surface area contributed by atoms with Crippen LogP contribution in [0.4, 0.5) is 11.4 Å². The second-order valence-electron chi connectivity index (χ2n) is 6.34. The molecule has 0 unspecified atom stereocenters. The van der Waals surface area contributed by atoms with Gasteiger partial charge in [0.15, 0.2) is 17.6 Å². The second kappa shape index (κ2) is 8.64. The molecule has 8 heteroatoms. The first-order valence-corrected chi connectivity index (χ1v) is 9.16. The molecule has 0 radical (unpaired) electrons. The molecule has 1 aliphatic rings. The molecule has 29 heavy (non-hydrogen) atoms. The highest BCUT2D eigenvalue weighted by Crippen LogP contribution is 2.30. The Morgan fingerprint density at radius 1 is 1.17 bits per heavy atom. The number of nitrogens with one attached hydrogen (secondary N) is 1. The van der Waals surface area contributed by atoms with E-state index in [0.717, 1.165) is 0 Å². The summed E-state index contributed by atoms with van der Waals surface area (Å²) in [7, 11) is 1.50. The fraction of sp³-hybridized carbons (Fsp3) is 0.286. The SMILES string of the molecule is CCOc1cc(C(=O)O[C@H](C)C(=O)N2CC(=O)Nc3ccccc32)ccc1OC. The van der Waals surface area contributed by atoms with Crippen LogP contribution in [0.25, 0.3) is 0 Å². The van der Waals surface area contributed by atoms with Gasteiger partial charge in [-0.1, -0.05) is 12.1 Å². The summed E-state index contributed by atoms with van der Waals surface area (Å²) in [4.78, 5) is 38.6. The van der Waals surface area contributed by atoms with Crippen LogP contribution in [0.15, 0.2) is 42.5 Å². The number of ether oxygens (including phenoxy) is 3. The van der Waals surface area contributed by atoms with Crippen molar-refractivity contribution < 1.29 is 28.6 Å². The van der Waals surface area contributed by atoms with Gasteiger partial charge in [0.2, 0.25) is 5.91 Å². The van der Waals surface area contributed by atoms with Crippen molar-refractivity contribution in [2.75, 3.05) is 30.5 Å². The van der Waals surface area contributed by atoms with Gasteiger partial charge >= 0.3 is 5.97 Å². The lowest BCUT2D eigenvalue weighted by Gasteiger charge is -2.30. The van der Waals surface area contributed by atoms with Crippen molar-refractivity contribution in [3.63, 3.8) is 0 Å². The Hall–Kier alpha value is -3.55. The summed E-state index contributed by atoms with van der Waals surface area (Å²) in [6.45, 7) is 3.55. The molecule has 152 valence electrons. The number of benzene rings is 2. The minimum Gasteiger partial charge on any atom is -0.493 e.